The second-order valence-electron chi connectivity index (χ2n) is 3.61. The van der Waals surface area contributed by atoms with E-state index in [9.17, 15) is 35.5 Å². The molecular formula is C9H11F7OS. The zero-order valence-corrected chi connectivity index (χ0v) is 10.3. The molecule has 0 aliphatic carbocycles. The molecule has 0 fully saturated rings. The minimum atomic E-state index is -5.81. The van der Waals surface area contributed by atoms with Gasteiger partial charge in [0.25, 0.3) is 0 Å². The van der Waals surface area contributed by atoms with Crippen LogP contribution in [0.25, 0.3) is 0 Å². The first-order valence-electron chi connectivity index (χ1n) is 4.77. The molecule has 0 heterocycles. The van der Waals surface area contributed by atoms with E-state index in [-0.39, 0.29) is 6.92 Å². The summed E-state index contributed by atoms with van der Waals surface area (Å²) in [5, 5.41) is -0.611. The van der Waals surface area contributed by atoms with Crippen LogP contribution in [0.15, 0.2) is 0 Å². The molecule has 0 saturated carbocycles. The van der Waals surface area contributed by atoms with Gasteiger partial charge in [0.2, 0.25) is 0 Å². The Hall–Kier alpha value is -0.470. The smallest absolute Gasteiger partial charge is 0.288 e. The molecule has 1 nitrogen and oxygen atoms in total. The molecule has 0 aromatic carbocycles. The molecule has 0 bridgehead atoms. The highest BCUT2D eigenvalue weighted by molar-refractivity contribution is 8.13. The number of rotatable bonds is 6. The third kappa shape index (κ3) is 3.52. The molecule has 0 radical (unpaired) electrons. The largest absolute Gasteiger partial charge is 0.374 e. The van der Waals surface area contributed by atoms with Crippen molar-refractivity contribution < 1.29 is 35.5 Å². The fourth-order valence-corrected chi connectivity index (χ4v) is 1.62. The van der Waals surface area contributed by atoms with Crippen molar-refractivity contribution in [2.75, 3.05) is 5.75 Å². The molecule has 0 amide bonds. The molecule has 108 valence electrons. The number of carbonyl (C=O) groups is 1. The van der Waals surface area contributed by atoms with E-state index < -0.39 is 41.2 Å². The van der Waals surface area contributed by atoms with Crippen molar-refractivity contribution in [1.82, 2.24) is 0 Å². The van der Waals surface area contributed by atoms with Crippen LogP contribution >= 0.6 is 11.8 Å². The second-order valence-corrected chi connectivity index (χ2v) is 4.88. The lowest BCUT2D eigenvalue weighted by Gasteiger charge is -2.33. The van der Waals surface area contributed by atoms with Crippen LogP contribution in [0.5, 0.6) is 0 Å². The summed E-state index contributed by atoms with van der Waals surface area (Å²) in [4.78, 5) is 10.4. The zero-order valence-electron chi connectivity index (χ0n) is 9.45. The van der Waals surface area contributed by atoms with Crippen LogP contribution in [0.3, 0.4) is 0 Å². The van der Waals surface area contributed by atoms with Crippen LogP contribution in [0.4, 0.5) is 30.7 Å². The third-order valence-corrected chi connectivity index (χ3v) is 2.91. The SMILES string of the molecule is CC(=O)SCCC(F)(F)C(F)(F)C(F)(F)C(C)F. The Labute approximate surface area is 103 Å². The molecule has 0 aromatic rings. The fraction of sp³-hybridized carbons (Fsp3) is 0.889. The molecular weight excluding hydrogens is 289 g/mol. The van der Waals surface area contributed by atoms with E-state index in [4.69, 9.17) is 0 Å². The molecule has 18 heavy (non-hydrogen) atoms. The molecule has 0 aliphatic heterocycles. The summed E-state index contributed by atoms with van der Waals surface area (Å²) in [6.45, 7) is 1.09. The highest BCUT2D eigenvalue weighted by Gasteiger charge is 2.73. The highest BCUT2D eigenvalue weighted by atomic mass is 32.2. The Morgan fingerprint density at radius 2 is 1.61 bits per heavy atom. The Morgan fingerprint density at radius 3 is 1.94 bits per heavy atom. The predicted molar refractivity (Wildman–Crippen MR) is 53.2 cm³/mol. The highest BCUT2D eigenvalue weighted by Crippen LogP contribution is 2.49. The van der Waals surface area contributed by atoms with Crippen LogP contribution in [-0.2, 0) is 4.79 Å². The lowest BCUT2D eigenvalue weighted by Crippen LogP contribution is -2.57. The molecule has 0 aliphatic rings. The van der Waals surface area contributed by atoms with Crippen molar-refractivity contribution in [3.8, 4) is 0 Å². The van der Waals surface area contributed by atoms with Gasteiger partial charge in [0, 0.05) is 19.1 Å². The van der Waals surface area contributed by atoms with Crippen LogP contribution in [0.2, 0.25) is 0 Å². The van der Waals surface area contributed by atoms with Gasteiger partial charge < -0.3 is 0 Å². The van der Waals surface area contributed by atoms with Gasteiger partial charge in [-0.05, 0) is 6.92 Å². The first-order valence-corrected chi connectivity index (χ1v) is 5.75. The molecule has 1 unspecified atom stereocenters. The molecule has 1 atom stereocenters. The van der Waals surface area contributed by atoms with Gasteiger partial charge in [-0.25, -0.2) is 4.39 Å². The number of carbonyl (C=O) groups excluding carboxylic acids is 1. The van der Waals surface area contributed by atoms with Gasteiger partial charge in [0.15, 0.2) is 11.3 Å². The zero-order chi connectivity index (χ0) is 14.8. The van der Waals surface area contributed by atoms with Gasteiger partial charge in [-0.2, -0.15) is 26.3 Å². The Balaban J connectivity index is 4.90. The van der Waals surface area contributed by atoms with Crippen molar-refractivity contribution >= 4 is 16.9 Å². The topological polar surface area (TPSA) is 17.1 Å². The normalized spacial score (nSPS) is 15.6. The first-order chi connectivity index (χ1) is 7.86. The van der Waals surface area contributed by atoms with Gasteiger partial charge in [0.05, 0.1) is 0 Å². The average Bonchev–Trinajstić information content (AvgIpc) is 2.15. The summed E-state index contributed by atoms with van der Waals surface area (Å²) in [6, 6.07) is 0. The lowest BCUT2D eigenvalue weighted by atomic mass is 9.99. The number of alkyl halides is 7. The number of halogens is 7. The quantitative estimate of drug-likeness (QED) is 0.692. The van der Waals surface area contributed by atoms with E-state index in [1.165, 1.54) is 0 Å². The minimum Gasteiger partial charge on any atom is -0.288 e. The van der Waals surface area contributed by atoms with E-state index in [1.807, 2.05) is 0 Å². The Kier molecular flexibility index (Phi) is 5.52. The van der Waals surface area contributed by atoms with Gasteiger partial charge in [0.1, 0.15) is 0 Å². The van der Waals surface area contributed by atoms with E-state index in [0.29, 0.717) is 11.8 Å². The van der Waals surface area contributed by atoms with Gasteiger partial charge >= 0.3 is 17.8 Å². The Bertz CT molecular complexity index is 303. The van der Waals surface area contributed by atoms with Crippen molar-refractivity contribution in [3.05, 3.63) is 0 Å². The summed E-state index contributed by atoms with van der Waals surface area (Å²) in [7, 11) is 0. The molecule has 0 aromatic heterocycles. The van der Waals surface area contributed by atoms with Crippen molar-refractivity contribution in [3.63, 3.8) is 0 Å². The molecule has 0 N–H and O–H groups in total. The van der Waals surface area contributed by atoms with E-state index >= 15 is 0 Å². The van der Waals surface area contributed by atoms with E-state index in [2.05, 4.69) is 0 Å². The van der Waals surface area contributed by atoms with Gasteiger partial charge in [-0.1, -0.05) is 11.8 Å². The number of hydrogen-bond donors (Lipinski definition) is 0. The predicted octanol–water partition coefficient (Wildman–Crippen LogP) is 3.92. The van der Waals surface area contributed by atoms with Crippen LogP contribution in [0.1, 0.15) is 20.3 Å². The average molecular weight is 300 g/mol. The van der Waals surface area contributed by atoms with E-state index in [1.54, 1.807) is 0 Å². The third-order valence-electron chi connectivity index (χ3n) is 2.10. The van der Waals surface area contributed by atoms with Crippen LogP contribution < -0.4 is 0 Å². The standard InChI is InChI=1S/C9H11F7OS/c1-5(10)8(13,14)9(15,16)7(11,12)3-4-18-6(2)17/h5H,3-4H2,1-2H3. The maximum atomic E-state index is 13.0. The molecule has 0 rings (SSSR count). The van der Waals surface area contributed by atoms with Gasteiger partial charge in [-0.3, -0.25) is 4.79 Å². The summed E-state index contributed by atoms with van der Waals surface area (Å²) < 4.78 is 89.6. The van der Waals surface area contributed by atoms with E-state index in [0.717, 1.165) is 6.92 Å². The second kappa shape index (κ2) is 5.66. The van der Waals surface area contributed by atoms with Gasteiger partial charge in [-0.15, -0.1) is 0 Å². The molecule has 9 heteroatoms. The lowest BCUT2D eigenvalue weighted by molar-refractivity contribution is -0.323. The summed E-state index contributed by atoms with van der Waals surface area (Å²) in [5.74, 6) is -17.1. The minimum absolute atomic E-state index is 0.0777. The molecule has 0 saturated heterocycles. The fourth-order valence-electron chi connectivity index (χ4n) is 0.974. The maximum absolute atomic E-state index is 13.0. The maximum Gasteiger partial charge on any atom is 0.374 e. The van der Waals surface area contributed by atoms with Crippen molar-refractivity contribution in [1.29, 1.82) is 0 Å². The number of thioether (sulfide) groups is 1. The summed E-state index contributed by atoms with van der Waals surface area (Å²) in [6.07, 6.45) is -5.06. The van der Waals surface area contributed by atoms with Crippen molar-refractivity contribution in [2.24, 2.45) is 0 Å². The summed E-state index contributed by atoms with van der Waals surface area (Å²) in [5.41, 5.74) is 0. The van der Waals surface area contributed by atoms with Crippen LogP contribution in [-0.4, -0.2) is 34.8 Å². The number of hydrogen-bond acceptors (Lipinski definition) is 2. The first kappa shape index (κ1) is 17.5. The Morgan fingerprint density at radius 1 is 1.17 bits per heavy atom. The van der Waals surface area contributed by atoms with Crippen molar-refractivity contribution in [2.45, 2.75) is 44.2 Å². The summed E-state index contributed by atoms with van der Waals surface area (Å²) >= 11 is 0.302. The monoisotopic (exact) mass is 300 g/mol. The van der Waals surface area contributed by atoms with Crippen LogP contribution in [0, 0.1) is 0 Å². The molecule has 0 spiro atoms.